The van der Waals surface area contributed by atoms with Crippen molar-refractivity contribution in [2.45, 2.75) is 46.1 Å². The van der Waals surface area contributed by atoms with Crippen molar-refractivity contribution in [1.29, 1.82) is 0 Å². The molecule has 2 heteroatoms. The fraction of sp³-hybridized carbons (Fsp3) is 0.333. The second kappa shape index (κ2) is 10.8. The quantitative estimate of drug-likeness (QED) is 0.331. The summed E-state index contributed by atoms with van der Waals surface area (Å²) in [5.74, 6) is 0.908. The van der Waals surface area contributed by atoms with Crippen LogP contribution in [0.3, 0.4) is 0 Å². The van der Waals surface area contributed by atoms with Gasteiger partial charge in [0.1, 0.15) is 5.75 Å². The minimum Gasteiger partial charge on any atom is -0.494 e. The molecule has 0 aliphatic heterocycles. The highest BCUT2D eigenvalue weighted by atomic mass is 16.5. The fourth-order valence-electron chi connectivity index (χ4n) is 3.53. The van der Waals surface area contributed by atoms with Crippen LogP contribution in [-0.4, -0.2) is 13.2 Å². The molecule has 0 saturated heterocycles. The molecule has 0 heterocycles. The molecule has 0 aliphatic carbocycles. The van der Waals surface area contributed by atoms with Gasteiger partial charge in [0, 0.05) is 6.61 Å². The van der Waals surface area contributed by atoms with Crippen molar-refractivity contribution in [3.63, 3.8) is 0 Å². The molecular formula is C27H32O2. The summed E-state index contributed by atoms with van der Waals surface area (Å²) in [5.41, 5.74) is 6.10. The second-order valence-electron chi connectivity index (χ2n) is 7.35. The molecule has 2 nitrogen and oxygen atoms in total. The smallest absolute Gasteiger partial charge is 0.119 e. The summed E-state index contributed by atoms with van der Waals surface area (Å²) in [6.45, 7) is 7.87. The first-order valence-electron chi connectivity index (χ1n) is 10.8. The maximum absolute atomic E-state index is 5.99. The minimum atomic E-state index is 0.127. The number of rotatable bonds is 10. The molecule has 0 bridgehead atoms. The Kier molecular flexibility index (Phi) is 7.89. The van der Waals surface area contributed by atoms with Gasteiger partial charge in [-0.3, -0.25) is 0 Å². The van der Waals surface area contributed by atoms with Crippen molar-refractivity contribution in [1.82, 2.24) is 0 Å². The van der Waals surface area contributed by atoms with Crippen molar-refractivity contribution in [3.8, 4) is 28.0 Å². The number of hydrogen-bond donors (Lipinski definition) is 0. The van der Waals surface area contributed by atoms with E-state index in [1.807, 2.05) is 19.1 Å². The van der Waals surface area contributed by atoms with E-state index in [-0.39, 0.29) is 6.10 Å². The van der Waals surface area contributed by atoms with Gasteiger partial charge in [0.25, 0.3) is 0 Å². The van der Waals surface area contributed by atoms with Crippen molar-refractivity contribution < 1.29 is 9.47 Å². The number of ether oxygens (including phenoxy) is 2. The highest BCUT2D eigenvalue weighted by Crippen LogP contribution is 2.33. The molecule has 29 heavy (non-hydrogen) atoms. The first kappa shape index (κ1) is 21.1. The van der Waals surface area contributed by atoms with Gasteiger partial charge in [0.05, 0.1) is 12.7 Å². The summed E-state index contributed by atoms with van der Waals surface area (Å²) in [5, 5.41) is 0. The molecular weight excluding hydrogens is 356 g/mol. The Morgan fingerprint density at radius 3 is 1.86 bits per heavy atom. The molecule has 0 radical (unpaired) electrons. The van der Waals surface area contributed by atoms with Gasteiger partial charge in [-0.25, -0.2) is 0 Å². The Hall–Kier alpha value is -2.58. The lowest BCUT2D eigenvalue weighted by Gasteiger charge is -2.15. The zero-order valence-corrected chi connectivity index (χ0v) is 17.9. The van der Waals surface area contributed by atoms with Gasteiger partial charge in [-0.05, 0) is 60.2 Å². The van der Waals surface area contributed by atoms with E-state index in [0.717, 1.165) is 18.8 Å². The van der Waals surface area contributed by atoms with E-state index in [1.54, 1.807) is 0 Å². The van der Waals surface area contributed by atoms with Gasteiger partial charge >= 0.3 is 0 Å². The Balaban J connectivity index is 1.77. The van der Waals surface area contributed by atoms with E-state index < -0.39 is 0 Å². The standard InChI is InChI=1S/C27H32O2/c1-4-6-9-20-29-21(3)22-12-14-23(15-13-22)26-10-7-8-11-27(26)24-16-18-25(19-17-24)28-5-2/h7-8,10-19,21H,4-6,9,20H2,1-3H3. The molecule has 0 spiro atoms. The molecule has 1 atom stereocenters. The molecule has 152 valence electrons. The van der Waals surface area contributed by atoms with E-state index in [9.17, 15) is 0 Å². The SMILES string of the molecule is CCCCCOC(C)c1ccc(-c2ccccc2-c2ccc(OCC)cc2)cc1. The molecule has 3 aromatic carbocycles. The van der Waals surface area contributed by atoms with Gasteiger partial charge in [0.15, 0.2) is 0 Å². The van der Waals surface area contributed by atoms with E-state index in [0.29, 0.717) is 6.61 Å². The summed E-state index contributed by atoms with van der Waals surface area (Å²) in [7, 11) is 0. The molecule has 0 N–H and O–H groups in total. The van der Waals surface area contributed by atoms with Gasteiger partial charge in [-0.1, -0.05) is 80.4 Å². The first-order valence-corrected chi connectivity index (χ1v) is 10.8. The van der Waals surface area contributed by atoms with Gasteiger partial charge in [-0.15, -0.1) is 0 Å². The maximum Gasteiger partial charge on any atom is 0.119 e. The van der Waals surface area contributed by atoms with Crippen LogP contribution in [-0.2, 0) is 4.74 Å². The lowest BCUT2D eigenvalue weighted by molar-refractivity contribution is 0.0630. The van der Waals surface area contributed by atoms with Gasteiger partial charge in [-0.2, -0.15) is 0 Å². The van der Waals surface area contributed by atoms with Crippen molar-refractivity contribution in [3.05, 3.63) is 78.4 Å². The summed E-state index contributed by atoms with van der Waals surface area (Å²) in [6, 6.07) is 25.7. The summed E-state index contributed by atoms with van der Waals surface area (Å²) in [6.07, 6.45) is 3.71. The summed E-state index contributed by atoms with van der Waals surface area (Å²) >= 11 is 0. The topological polar surface area (TPSA) is 18.5 Å². The largest absolute Gasteiger partial charge is 0.494 e. The Morgan fingerprint density at radius 1 is 0.724 bits per heavy atom. The number of hydrogen-bond acceptors (Lipinski definition) is 2. The van der Waals surface area contributed by atoms with Crippen LogP contribution >= 0.6 is 0 Å². The van der Waals surface area contributed by atoms with Crippen LogP contribution in [0.15, 0.2) is 72.8 Å². The lowest BCUT2D eigenvalue weighted by Crippen LogP contribution is -2.01. The zero-order valence-electron chi connectivity index (χ0n) is 17.9. The van der Waals surface area contributed by atoms with Crippen molar-refractivity contribution >= 4 is 0 Å². The first-order chi connectivity index (χ1) is 14.2. The Labute approximate surface area is 175 Å². The number of unbranched alkanes of at least 4 members (excludes halogenated alkanes) is 2. The molecule has 1 unspecified atom stereocenters. The third kappa shape index (κ3) is 5.71. The van der Waals surface area contributed by atoms with E-state index in [4.69, 9.17) is 9.47 Å². The Bertz CT molecular complexity index is 866. The normalized spacial score (nSPS) is 12.0. The van der Waals surface area contributed by atoms with Gasteiger partial charge in [0.2, 0.25) is 0 Å². The second-order valence-corrected chi connectivity index (χ2v) is 7.35. The monoisotopic (exact) mass is 388 g/mol. The van der Waals surface area contributed by atoms with Gasteiger partial charge < -0.3 is 9.47 Å². The van der Waals surface area contributed by atoms with E-state index in [1.165, 1.54) is 40.7 Å². The molecule has 0 fully saturated rings. The number of benzene rings is 3. The molecule has 0 amide bonds. The highest BCUT2D eigenvalue weighted by molar-refractivity contribution is 5.83. The zero-order chi connectivity index (χ0) is 20.5. The van der Waals surface area contributed by atoms with E-state index >= 15 is 0 Å². The molecule has 3 rings (SSSR count). The Morgan fingerprint density at radius 2 is 1.31 bits per heavy atom. The highest BCUT2D eigenvalue weighted by Gasteiger charge is 2.10. The molecule has 3 aromatic rings. The minimum absolute atomic E-state index is 0.127. The average Bonchev–Trinajstić information content (AvgIpc) is 2.77. The molecule has 0 aliphatic rings. The third-order valence-corrected chi connectivity index (χ3v) is 5.21. The van der Waals surface area contributed by atoms with E-state index in [2.05, 4.69) is 74.5 Å². The predicted octanol–water partition coefficient (Wildman–Crippen LogP) is 7.69. The van der Waals surface area contributed by atoms with Crippen LogP contribution in [0.5, 0.6) is 5.75 Å². The van der Waals surface area contributed by atoms with Crippen LogP contribution in [0.1, 0.15) is 51.7 Å². The molecule has 0 aromatic heterocycles. The fourth-order valence-corrected chi connectivity index (χ4v) is 3.53. The predicted molar refractivity (Wildman–Crippen MR) is 122 cm³/mol. The summed E-state index contributed by atoms with van der Waals surface area (Å²) in [4.78, 5) is 0. The third-order valence-electron chi connectivity index (χ3n) is 5.21. The molecule has 0 saturated carbocycles. The van der Waals surface area contributed by atoms with Crippen LogP contribution in [0, 0.1) is 0 Å². The summed E-state index contributed by atoms with van der Waals surface area (Å²) < 4.78 is 11.6. The lowest BCUT2D eigenvalue weighted by atomic mass is 9.94. The van der Waals surface area contributed by atoms with Crippen LogP contribution in [0.2, 0.25) is 0 Å². The van der Waals surface area contributed by atoms with Crippen LogP contribution < -0.4 is 4.74 Å². The van der Waals surface area contributed by atoms with Crippen LogP contribution in [0.4, 0.5) is 0 Å². The maximum atomic E-state index is 5.99. The van der Waals surface area contributed by atoms with Crippen molar-refractivity contribution in [2.75, 3.05) is 13.2 Å². The van der Waals surface area contributed by atoms with Crippen LogP contribution in [0.25, 0.3) is 22.3 Å². The van der Waals surface area contributed by atoms with Crippen molar-refractivity contribution in [2.24, 2.45) is 0 Å². The average molecular weight is 389 g/mol.